The van der Waals surface area contributed by atoms with Crippen molar-refractivity contribution in [2.45, 2.75) is 42.0 Å². The van der Waals surface area contributed by atoms with E-state index in [9.17, 15) is 21.2 Å². The molecule has 222 valence electrons. The minimum Gasteiger partial charge on any atom is -0.412 e. The summed E-state index contributed by atoms with van der Waals surface area (Å²) in [5, 5.41) is 0. The molecule has 1 saturated heterocycles. The molecule has 15 heteroatoms. The first-order valence-corrected chi connectivity index (χ1v) is 15.3. The van der Waals surface area contributed by atoms with Gasteiger partial charge in [-0.2, -0.15) is 16.8 Å². The maximum absolute atomic E-state index is 13.9. The highest BCUT2D eigenvalue weighted by molar-refractivity contribution is 7.99. The minimum atomic E-state index is -4.16. The van der Waals surface area contributed by atoms with Crippen LogP contribution >= 0.6 is 11.8 Å². The van der Waals surface area contributed by atoms with Gasteiger partial charge in [0.05, 0.1) is 14.2 Å². The zero-order valence-corrected chi connectivity index (χ0v) is 24.9. The lowest BCUT2D eigenvalue weighted by Crippen LogP contribution is -2.46. The van der Waals surface area contributed by atoms with E-state index in [1.807, 2.05) is 6.07 Å². The SMILES string of the molecule is CC(C)c1ccc2c(c1)C(N1CCN(C)CC1)Cc1cc(F)ccc1S2.COS(=O)(=O)O.COS(=O)(=O)O.O. The molecule has 4 rings (SSSR count). The highest BCUT2D eigenvalue weighted by Gasteiger charge is 2.30. The van der Waals surface area contributed by atoms with Crippen LogP contribution in [0.3, 0.4) is 0 Å². The molecule has 2 aromatic rings. The smallest absolute Gasteiger partial charge is 0.397 e. The molecular formula is C24H37FN2O9S3. The summed E-state index contributed by atoms with van der Waals surface area (Å²) in [4.78, 5) is 7.51. The van der Waals surface area contributed by atoms with Gasteiger partial charge < -0.3 is 10.4 Å². The highest BCUT2D eigenvalue weighted by Crippen LogP contribution is 2.44. The van der Waals surface area contributed by atoms with E-state index in [0.717, 1.165) is 52.4 Å². The van der Waals surface area contributed by atoms with Gasteiger partial charge in [-0.05, 0) is 60.3 Å². The molecule has 0 aliphatic carbocycles. The Hall–Kier alpha value is -1.66. The molecule has 11 nitrogen and oxygen atoms in total. The van der Waals surface area contributed by atoms with Crippen molar-refractivity contribution < 1.29 is 44.2 Å². The summed E-state index contributed by atoms with van der Waals surface area (Å²) in [6.07, 6.45) is 0.887. The quantitative estimate of drug-likeness (QED) is 0.488. The zero-order chi connectivity index (χ0) is 28.7. The molecule has 1 atom stereocenters. The highest BCUT2D eigenvalue weighted by atomic mass is 32.3. The van der Waals surface area contributed by atoms with E-state index in [-0.39, 0.29) is 11.3 Å². The molecule has 2 aliphatic heterocycles. The predicted molar refractivity (Wildman–Crippen MR) is 147 cm³/mol. The largest absolute Gasteiger partial charge is 0.412 e. The second kappa shape index (κ2) is 15.4. The Morgan fingerprint density at radius 2 is 1.44 bits per heavy atom. The first-order valence-electron chi connectivity index (χ1n) is 11.7. The van der Waals surface area contributed by atoms with Gasteiger partial charge in [0.15, 0.2) is 0 Å². The summed E-state index contributed by atoms with van der Waals surface area (Å²) in [7, 11) is -4.39. The minimum absolute atomic E-state index is 0. The van der Waals surface area contributed by atoms with Gasteiger partial charge in [0, 0.05) is 42.0 Å². The average Bonchev–Trinajstić information content (AvgIpc) is 3.00. The summed E-state index contributed by atoms with van der Waals surface area (Å²) in [5.41, 5.74) is 3.95. The average molecular weight is 613 g/mol. The Balaban J connectivity index is 0.000000494. The molecule has 0 aromatic heterocycles. The molecule has 0 bridgehead atoms. The third-order valence-electron chi connectivity index (χ3n) is 6.12. The van der Waals surface area contributed by atoms with Crippen LogP contribution in [-0.2, 0) is 35.6 Å². The number of piperazine rings is 1. The first kappa shape index (κ1) is 35.4. The normalized spacial score (nSPS) is 17.8. The van der Waals surface area contributed by atoms with Crippen molar-refractivity contribution in [3.63, 3.8) is 0 Å². The standard InChI is InChI=1S/C22H27FN2S.2CH4O4S.H2O/c1-15(2)16-4-6-22-19(13-16)20(25-10-8-24(3)9-11-25)14-17-12-18(23)5-7-21(17)26-22;2*1-5-6(2,3)4;/h4-7,12-13,15,20H,8-11,14H2,1-3H3;2*1H3,(H,2,3,4);1H2. The van der Waals surface area contributed by atoms with Gasteiger partial charge in [-0.1, -0.05) is 37.7 Å². The van der Waals surface area contributed by atoms with Crippen molar-refractivity contribution in [1.82, 2.24) is 9.80 Å². The second-order valence-corrected chi connectivity index (χ2v) is 12.5. The van der Waals surface area contributed by atoms with Gasteiger partial charge in [0.25, 0.3) is 0 Å². The third-order valence-corrected chi connectivity index (χ3v) is 8.17. The number of halogens is 1. The van der Waals surface area contributed by atoms with Crippen LogP contribution in [0, 0.1) is 5.82 Å². The number of likely N-dealkylation sites (N-methyl/N-ethyl adjacent to an activating group) is 1. The predicted octanol–water partition coefficient (Wildman–Crippen LogP) is 2.99. The Labute approximate surface area is 234 Å². The molecule has 4 N–H and O–H groups in total. The maximum Gasteiger partial charge on any atom is 0.397 e. The Bertz CT molecular complexity index is 1250. The third kappa shape index (κ3) is 11.8. The molecule has 2 aliphatic rings. The van der Waals surface area contributed by atoms with Crippen LogP contribution in [0.5, 0.6) is 0 Å². The van der Waals surface area contributed by atoms with Gasteiger partial charge in [-0.25, -0.2) is 4.39 Å². The van der Waals surface area contributed by atoms with E-state index in [0.29, 0.717) is 12.0 Å². The molecular weight excluding hydrogens is 575 g/mol. The lowest BCUT2D eigenvalue weighted by Gasteiger charge is -2.38. The molecule has 0 amide bonds. The van der Waals surface area contributed by atoms with Crippen molar-refractivity contribution in [2.75, 3.05) is 47.4 Å². The Morgan fingerprint density at radius 1 is 0.923 bits per heavy atom. The van der Waals surface area contributed by atoms with Crippen LogP contribution in [0.4, 0.5) is 4.39 Å². The molecule has 2 aromatic carbocycles. The Kier molecular flexibility index (Phi) is 13.9. The van der Waals surface area contributed by atoms with E-state index in [1.54, 1.807) is 23.9 Å². The van der Waals surface area contributed by atoms with Gasteiger partial charge in [0.2, 0.25) is 0 Å². The van der Waals surface area contributed by atoms with Crippen molar-refractivity contribution in [3.05, 3.63) is 58.9 Å². The zero-order valence-electron chi connectivity index (χ0n) is 22.5. The lowest BCUT2D eigenvalue weighted by atomic mass is 9.93. The second-order valence-electron chi connectivity index (χ2n) is 9.05. The van der Waals surface area contributed by atoms with Crippen LogP contribution in [0.2, 0.25) is 0 Å². The topological polar surface area (TPSA) is 165 Å². The number of nitrogens with zero attached hydrogens (tertiary/aromatic N) is 2. The molecule has 1 unspecified atom stereocenters. The molecule has 0 saturated carbocycles. The van der Waals surface area contributed by atoms with Crippen molar-refractivity contribution in [1.29, 1.82) is 0 Å². The number of rotatable bonds is 4. The van der Waals surface area contributed by atoms with Gasteiger partial charge in [-0.15, -0.1) is 0 Å². The number of fused-ring (bicyclic) bond motifs is 2. The van der Waals surface area contributed by atoms with Gasteiger partial charge in [-0.3, -0.25) is 22.4 Å². The summed E-state index contributed by atoms with van der Waals surface area (Å²) >= 11 is 1.80. The summed E-state index contributed by atoms with van der Waals surface area (Å²) in [6, 6.07) is 12.5. The first-order chi connectivity index (χ1) is 17.6. The fourth-order valence-corrected chi connectivity index (χ4v) is 5.08. The monoisotopic (exact) mass is 612 g/mol. The van der Waals surface area contributed by atoms with E-state index in [4.69, 9.17) is 9.11 Å². The number of hydrogen-bond donors (Lipinski definition) is 2. The molecule has 2 heterocycles. The van der Waals surface area contributed by atoms with E-state index < -0.39 is 20.8 Å². The van der Waals surface area contributed by atoms with E-state index >= 15 is 0 Å². The number of hydrogen-bond acceptors (Lipinski definition) is 9. The van der Waals surface area contributed by atoms with Crippen molar-refractivity contribution in [3.8, 4) is 0 Å². The van der Waals surface area contributed by atoms with Crippen molar-refractivity contribution >= 4 is 32.6 Å². The van der Waals surface area contributed by atoms with Crippen molar-refractivity contribution in [2.24, 2.45) is 0 Å². The van der Waals surface area contributed by atoms with Gasteiger partial charge >= 0.3 is 20.8 Å². The van der Waals surface area contributed by atoms with Crippen LogP contribution in [-0.4, -0.2) is 88.7 Å². The fourth-order valence-electron chi connectivity index (χ4n) is 3.98. The molecule has 1 fully saturated rings. The molecule has 39 heavy (non-hydrogen) atoms. The Morgan fingerprint density at radius 3 is 1.92 bits per heavy atom. The van der Waals surface area contributed by atoms with E-state index in [2.05, 4.69) is 57.3 Å². The van der Waals surface area contributed by atoms with Crippen LogP contribution in [0.25, 0.3) is 0 Å². The maximum atomic E-state index is 13.9. The summed E-state index contributed by atoms with van der Waals surface area (Å²) < 4.78 is 73.3. The van der Waals surface area contributed by atoms with Gasteiger partial charge in [0.1, 0.15) is 5.82 Å². The summed E-state index contributed by atoms with van der Waals surface area (Å²) in [6.45, 7) is 8.84. The molecule has 0 radical (unpaired) electrons. The van der Waals surface area contributed by atoms with Crippen LogP contribution in [0.1, 0.15) is 42.5 Å². The fraction of sp³-hybridized carbons (Fsp3) is 0.500. The van der Waals surface area contributed by atoms with E-state index in [1.165, 1.54) is 20.9 Å². The molecule has 0 spiro atoms. The number of benzene rings is 2. The summed E-state index contributed by atoms with van der Waals surface area (Å²) in [5.74, 6) is 0.386. The van der Waals surface area contributed by atoms with Crippen LogP contribution in [0.15, 0.2) is 46.2 Å². The lowest BCUT2D eigenvalue weighted by molar-refractivity contribution is 0.110. The van der Waals surface area contributed by atoms with Crippen LogP contribution < -0.4 is 0 Å².